The molecular formula is C15H15NO2. The second kappa shape index (κ2) is 3.48. The molecule has 0 aliphatic carbocycles. The van der Waals surface area contributed by atoms with Crippen molar-refractivity contribution in [1.29, 1.82) is 0 Å². The summed E-state index contributed by atoms with van der Waals surface area (Å²) in [4.78, 5) is 0. The van der Waals surface area contributed by atoms with Gasteiger partial charge in [-0.3, -0.25) is 0 Å². The number of fused-ring (bicyclic) bond motifs is 3. The van der Waals surface area contributed by atoms with Gasteiger partial charge in [0.25, 0.3) is 0 Å². The molecule has 0 unspecified atom stereocenters. The monoisotopic (exact) mass is 241 g/mol. The molecule has 0 atom stereocenters. The maximum Gasteiger partial charge on any atom is 0.224 e. The Bertz CT molecular complexity index is 735. The zero-order chi connectivity index (χ0) is 12.9. The lowest BCUT2D eigenvalue weighted by Gasteiger charge is -2.13. The van der Waals surface area contributed by atoms with Crippen molar-refractivity contribution < 1.29 is 9.15 Å². The van der Waals surface area contributed by atoms with Crippen LogP contribution in [0.1, 0.15) is 26.5 Å². The van der Waals surface area contributed by atoms with E-state index in [2.05, 4.69) is 20.8 Å². The van der Waals surface area contributed by atoms with Crippen LogP contribution in [0.4, 0.5) is 0 Å². The van der Waals surface area contributed by atoms with Crippen LogP contribution in [0.5, 0.6) is 0 Å². The number of benzene rings is 1. The van der Waals surface area contributed by atoms with E-state index >= 15 is 0 Å². The third kappa shape index (κ3) is 1.55. The molecule has 0 spiro atoms. The number of aromatic nitrogens is 1. The second-order valence-electron chi connectivity index (χ2n) is 5.61. The van der Waals surface area contributed by atoms with E-state index in [1.165, 1.54) is 6.20 Å². The van der Waals surface area contributed by atoms with E-state index in [-0.39, 0.29) is 5.41 Å². The highest BCUT2D eigenvalue weighted by Crippen LogP contribution is 2.31. The molecule has 0 bridgehead atoms. The molecule has 18 heavy (non-hydrogen) atoms. The van der Waals surface area contributed by atoms with E-state index in [1.807, 2.05) is 30.3 Å². The predicted molar refractivity (Wildman–Crippen MR) is 71.4 cm³/mol. The Morgan fingerprint density at radius 3 is 2.56 bits per heavy atom. The number of furan rings is 1. The summed E-state index contributed by atoms with van der Waals surface area (Å²) in [5.74, 6) is 0.897. The van der Waals surface area contributed by atoms with Crippen LogP contribution in [0.3, 0.4) is 0 Å². The third-order valence-corrected chi connectivity index (χ3v) is 3.17. The molecule has 0 fully saturated rings. The molecule has 92 valence electrons. The fourth-order valence-electron chi connectivity index (χ4n) is 2.15. The first-order valence-electron chi connectivity index (χ1n) is 6.02. The minimum absolute atomic E-state index is 0.0617. The molecule has 0 aliphatic heterocycles. The lowest BCUT2D eigenvalue weighted by Crippen LogP contribution is -2.25. The van der Waals surface area contributed by atoms with Gasteiger partial charge in [0.15, 0.2) is 5.58 Å². The van der Waals surface area contributed by atoms with Gasteiger partial charge in [-0.1, -0.05) is 32.9 Å². The fraction of sp³-hybridized carbons (Fsp3) is 0.267. The maximum atomic E-state index is 11.9. The highest BCUT2D eigenvalue weighted by molar-refractivity contribution is 6.02. The summed E-state index contributed by atoms with van der Waals surface area (Å²) < 4.78 is 6.67. The van der Waals surface area contributed by atoms with Gasteiger partial charge in [0.2, 0.25) is 11.7 Å². The van der Waals surface area contributed by atoms with Crippen LogP contribution >= 0.6 is 0 Å². The number of hydrogen-bond donors (Lipinski definition) is 0. The first-order valence-corrected chi connectivity index (χ1v) is 6.02. The van der Waals surface area contributed by atoms with Crippen LogP contribution in [0, 0.1) is 5.21 Å². The van der Waals surface area contributed by atoms with Gasteiger partial charge in [-0.25, -0.2) is 0 Å². The molecule has 3 aromatic rings. The molecule has 0 saturated heterocycles. The van der Waals surface area contributed by atoms with E-state index in [0.29, 0.717) is 11.1 Å². The fourth-order valence-corrected chi connectivity index (χ4v) is 2.15. The minimum Gasteiger partial charge on any atom is -0.618 e. The van der Waals surface area contributed by atoms with E-state index in [0.717, 1.165) is 21.3 Å². The van der Waals surface area contributed by atoms with E-state index in [9.17, 15) is 5.21 Å². The van der Waals surface area contributed by atoms with Gasteiger partial charge in [0.05, 0.1) is 5.39 Å². The molecule has 0 saturated carbocycles. The van der Waals surface area contributed by atoms with Crippen LogP contribution in [0.2, 0.25) is 0 Å². The average molecular weight is 241 g/mol. The molecule has 0 amide bonds. The quantitative estimate of drug-likeness (QED) is 0.446. The van der Waals surface area contributed by atoms with Gasteiger partial charge in [-0.05, 0) is 12.1 Å². The minimum atomic E-state index is -0.0617. The highest BCUT2D eigenvalue weighted by atomic mass is 16.5. The predicted octanol–water partition coefficient (Wildman–Crippen LogP) is 3.52. The largest absolute Gasteiger partial charge is 0.618 e. The first kappa shape index (κ1) is 11.1. The van der Waals surface area contributed by atoms with Crippen molar-refractivity contribution in [3.63, 3.8) is 0 Å². The zero-order valence-electron chi connectivity index (χ0n) is 10.7. The Morgan fingerprint density at radius 2 is 1.83 bits per heavy atom. The standard InChI is InChI=1S/C15H15NO2/c1-15(2,3)14-8-11-10-6-4-5-7-12(10)16(17)9-13(11)18-14/h4-9H,1-3H3. The molecular weight excluding hydrogens is 226 g/mol. The number of hydrogen-bond acceptors (Lipinski definition) is 2. The Hall–Kier alpha value is -2.03. The third-order valence-electron chi connectivity index (χ3n) is 3.17. The van der Waals surface area contributed by atoms with E-state index in [4.69, 9.17) is 4.42 Å². The van der Waals surface area contributed by atoms with E-state index < -0.39 is 0 Å². The van der Waals surface area contributed by atoms with Crippen molar-refractivity contribution >= 4 is 21.9 Å². The number of pyridine rings is 1. The molecule has 2 heterocycles. The van der Waals surface area contributed by atoms with Crippen LogP contribution in [0.25, 0.3) is 21.9 Å². The summed E-state index contributed by atoms with van der Waals surface area (Å²) in [7, 11) is 0. The average Bonchev–Trinajstić information content (AvgIpc) is 2.73. The smallest absolute Gasteiger partial charge is 0.224 e. The van der Waals surface area contributed by atoms with Crippen molar-refractivity contribution in [2.45, 2.75) is 26.2 Å². The Morgan fingerprint density at radius 1 is 1.11 bits per heavy atom. The first-order chi connectivity index (χ1) is 8.47. The van der Waals surface area contributed by atoms with Crippen LogP contribution in [-0.4, -0.2) is 0 Å². The lowest BCUT2D eigenvalue weighted by atomic mass is 9.93. The molecule has 2 aromatic heterocycles. The SMILES string of the molecule is CC(C)(C)c1cc2c(c[n+]([O-])c3ccccc23)o1. The molecule has 3 rings (SSSR count). The summed E-state index contributed by atoms with van der Waals surface area (Å²) in [6.07, 6.45) is 1.51. The number of nitrogens with zero attached hydrogens (tertiary/aromatic N) is 1. The van der Waals surface area contributed by atoms with Gasteiger partial charge in [-0.15, -0.1) is 0 Å². The molecule has 3 heteroatoms. The van der Waals surface area contributed by atoms with Gasteiger partial charge < -0.3 is 9.62 Å². The normalized spacial score (nSPS) is 12.4. The molecule has 3 nitrogen and oxygen atoms in total. The number of para-hydroxylation sites is 1. The molecule has 0 N–H and O–H groups in total. The summed E-state index contributed by atoms with van der Waals surface area (Å²) in [5, 5.41) is 13.8. The van der Waals surface area contributed by atoms with Gasteiger partial charge >= 0.3 is 0 Å². The van der Waals surface area contributed by atoms with Crippen LogP contribution in [-0.2, 0) is 5.41 Å². The van der Waals surface area contributed by atoms with Crippen molar-refractivity contribution in [1.82, 2.24) is 0 Å². The molecule has 0 aliphatic rings. The maximum absolute atomic E-state index is 11.9. The lowest BCUT2D eigenvalue weighted by molar-refractivity contribution is -0.575. The Labute approximate surface area is 105 Å². The molecule has 1 aromatic carbocycles. The van der Waals surface area contributed by atoms with Gasteiger partial charge in [0, 0.05) is 16.9 Å². The van der Waals surface area contributed by atoms with E-state index in [1.54, 1.807) is 0 Å². The molecule has 0 radical (unpaired) electrons. The van der Waals surface area contributed by atoms with Crippen molar-refractivity contribution in [3.8, 4) is 0 Å². The van der Waals surface area contributed by atoms with Crippen molar-refractivity contribution in [3.05, 3.63) is 47.5 Å². The van der Waals surface area contributed by atoms with Crippen molar-refractivity contribution in [2.24, 2.45) is 0 Å². The Balaban J connectivity index is 2.44. The van der Waals surface area contributed by atoms with Crippen LogP contribution in [0.15, 0.2) is 40.9 Å². The van der Waals surface area contributed by atoms with Crippen LogP contribution < -0.4 is 4.73 Å². The van der Waals surface area contributed by atoms with Crippen molar-refractivity contribution in [2.75, 3.05) is 0 Å². The summed E-state index contributed by atoms with van der Waals surface area (Å²) >= 11 is 0. The Kier molecular flexibility index (Phi) is 2.14. The summed E-state index contributed by atoms with van der Waals surface area (Å²) in [6.45, 7) is 6.29. The zero-order valence-corrected chi connectivity index (χ0v) is 10.7. The second-order valence-corrected chi connectivity index (χ2v) is 5.61. The summed E-state index contributed by atoms with van der Waals surface area (Å²) in [5.41, 5.74) is 1.26. The highest BCUT2D eigenvalue weighted by Gasteiger charge is 2.21. The summed E-state index contributed by atoms with van der Waals surface area (Å²) in [6, 6.07) is 9.62. The topological polar surface area (TPSA) is 40.1 Å². The number of rotatable bonds is 0. The van der Waals surface area contributed by atoms with Gasteiger partial charge in [-0.2, -0.15) is 4.73 Å². The van der Waals surface area contributed by atoms with Gasteiger partial charge in [0.1, 0.15) is 5.76 Å².